The van der Waals surface area contributed by atoms with E-state index in [2.05, 4.69) is 29.8 Å². The molecule has 1 atom stereocenters. The molecule has 42 heavy (non-hydrogen) atoms. The molecule has 12 nitrogen and oxygen atoms in total. The third-order valence-electron chi connectivity index (χ3n) is 7.43. The van der Waals surface area contributed by atoms with Gasteiger partial charge in [0.1, 0.15) is 22.9 Å². The van der Waals surface area contributed by atoms with Crippen molar-refractivity contribution in [1.29, 1.82) is 0 Å². The fourth-order valence-corrected chi connectivity index (χ4v) is 7.33. The van der Waals surface area contributed by atoms with Crippen LogP contribution in [-0.2, 0) is 10.0 Å². The quantitative estimate of drug-likeness (QED) is 0.273. The summed E-state index contributed by atoms with van der Waals surface area (Å²) in [5.41, 5.74) is 0.446. The first-order valence-electron chi connectivity index (χ1n) is 14.0. The van der Waals surface area contributed by atoms with Crippen molar-refractivity contribution in [3.8, 4) is 28.8 Å². The number of para-hydroxylation sites is 1. The van der Waals surface area contributed by atoms with Gasteiger partial charge >= 0.3 is 6.03 Å². The van der Waals surface area contributed by atoms with Crippen LogP contribution in [0.2, 0.25) is 25.7 Å². The van der Waals surface area contributed by atoms with E-state index in [1.54, 1.807) is 51.7 Å². The number of methoxy groups -OCH3 is 2. The highest BCUT2D eigenvalue weighted by atomic mass is 32.2. The molecule has 0 unspecified atom stereocenters. The third-order valence-corrected chi connectivity index (χ3v) is 10.9. The minimum atomic E-state index is -3.99. The van der Waals surface area contributed by atoms with Crippen LogP contribution in [0.3, 0.4) is 0 Å². The molecular formula is C28H42N6O6SSi. The van der Waals surface area contributed by atoms with Crippen molar-refractivity contribution in [2.45, 2.75) is 52.0 Å². The van der Waals surface area contributed by atoms with Gasteiger partial charge < -0.3 is 23.7 Å². The first kappa shape index (κ1) is 31.4. The van der Waals surface area contributed by atoms with Crippen molar-refractivity contribution in [3.63, 3.8) is 0 Å². The molecule has 4 rings (SSSR count). The van der Waals surface area contributed by atoms with Crippen LogP contribution < -0.4 is 13.8 Å². The Balaban J connectivity index is 1.87. The Morgan fingerprint density at radius 1 is 1.10 bits per heavy atom. The van der Waals surface area contributed by atoms with Gasteiger partial charge in [-0.25, -0.2) is 17.5 Å². The summed E-state index contributed by atoms with van der Waals surface area (Å²) < 4.78 is 48.8. The van der Waals surface area contributed by atoms with Gasteiger partial charge in [0.05, 0.1) is 20.0 Å². The van der Waals surface area contributed by atoms with Crippen LogP contribution >= 0.6 is 0 Å². The van der Waals surface area contributed by atoms with Crippen LogP contribution in [0.1, 0.15) is 19.1 Å². The molecule has 1 saturated heterocycles. The van der Waals surface area contributed by atoms with Crippen LogP contribution in [0.5, 0.6) is 11.5 Å². The van der Waals surface area contributed by atoms with E-state index in [1.807, 2.05) is 13.8 Å². The molecule has 3 heterocycles. The van der Waals surface area contributed by atoms with Gasteiger partial charge in [-0.3, -0.25) is 4.57 Å². The summed E-state index contributed by atoms with van der Waals surface area (Å²) in [6.45, 7) is 11.2. The number of aromatic nitrogens is 3. The van der Waals surface area contributed by atoms with E-state index in [-0.39, 0.29) is 36.9 Å². The number of furan rings is 1. The lowest BCUT2D eigenvalue weighted by atomic mass is 10.1. The number of benzene rings is 1. The topological polar surface area (TPSA) is 123 Å². The minimum absolute atomic E-state index is 0.0605. The molecule has 230 valence electrons. The number of carbonyl (C=O) groups is 1. The second kappa shape index (κ2) is 12.4. The number of rotatable bonds is 12. The summed E-state index contributed by atoms with van der Waals surface area (Å²) in [6.07, 6.45) is 0.773. The first-order chi connectivity index (χ1) is 19.8. The number of hydrogen-bond donors (Lipinski definition) is 0. The highest BCUT2D eigenvalue weighted by Crippen LogP contribution is 2.39. The molecule has 1 aliphatic heterocycles. The fraction of sp³-hybridized carbons (Fsp3) is 0.536. The predicted octanol–water partition coefficient (Wildman–Crippen LogP) is 4.47. The number of nitrogens with zero attached hydrogens (tertiary/aromatic N) is 6. The molecule has 0 aliphatic carbocycles. The number of urea groups is 1. The van der Waals surface area contributed by atoms with Gasteiger partial charge in [0, 0.05) is 40.8 Å². The SMILES string of the molecule is COc1cccc(OC)c1-n1c(-c2ccc(C)o2)nnc1N(CC[Si](C)(C)C)S(=O)(=O)CCN1C(=O)N(C)CC[C@@H]1C. The summed E-state index contributed by atoms with van der Waals surface area (Å²) in [5.74, 6) is 2.09. The lowest BCUT2D eigenvalue weighted by Gasteiger charge is -2.38. The normalized spacial score (nSPS) is 16.2. The third kappa shape index (κ3) is 6.59. The maximum Gasteiger partial charge on any atom is 0.320 e. The van der Waals surface area contributed by atoms with E-state index < -0.39 is 18.1 Å². The molecule has 0 spiro atoms. The highest BCUT2D eigenvalue weighted by Gasteiger charge is 2.35. The van der Waals surface area contributed by atoms with Crippen molar-refractivity contribution in [3.05, 3.63) is 36.1 Å². The van der Waals surface area contributed by atoms with Gasteiger partial charge in [0.15, 0.2) is 5.76 Å². The molecule has 1 aliphatic rings. The Labute approximate surface area is 249 Å². The van der Waals surface area contributed by atoms with E-state index in [9.17, 15) is 13.2 Å². The maximum absolute atomic E-state index is 14.3. The number of ether oxygens (including phenoxy) is 2. The molecule has 2 amide bonds. The Kier molecular flexibility index (Phi) is 9.26. The molecule has 2 aromatic heterocycles. The fourth-order valence-electron chi connectivity index (χ4n) is 4.89. The van der Waals surface area contributed by atoms with Crippen molar-refractivity contribution >= 4 is 30.1 Å². The summed E-state index contributed by atoms with van der Waals surface area (Å²) in [6, 6.07) is 9.33. The zero-order chi connectivity index (χ0) is 30.8. The Hall–Kier alpha value is -3.52. The molecule has 14 heteroatoms. The van der Waals surface area contributed by atoms with Gasteiger partial charge in [0.2, 0.25) is 21.8 Å². The highest BCUT2D eigenvalue weighted by molar-refractivity contribution is 7.92. The van der Waals surface area contributed by atoms with Crippen LogP contribution in [0, 0.1) is 6.92 Å². The molecule has 0 saturated carbocycles. The zero-order valence-corrected chi connectivity index (χ0v) is 27.6. The summed E-state index contributed by atoms with van der Waals surface area (Å²) in [4.78, 5) is 16.1. The first-order valence-corrected chi connectivity index (χ1v) is 19.3. The lowest BCUT2D eigenvalue weighted by Crippen LogP contribution is -2.53. The molecule has 1 aromatic carbocycles. The van der Waals surface area contributed by atoms with Gasteiger partial charge in [0.25, 0.3) is 0 Å². The largest absolute Gasteiger partial charge is 0.494 e. The van der Waals surface area contributed by atoms with Gasteiger partial charge in [-0.15, -0.1) is 10.2 Å². The zero-order valence-electron chi connectivity index (χ0n) is 25.7. The maximum atomic E-state index is 14.3. The van der Waals surface area contributed by atoms with Crippen LogP contribution in [-0.4, -0.2) is 99.8 Å². The smallest absolute Gasteiger partial charge is 0.320 e. The predicted molar refractivity (Wildman–Crippen MR) is 165 cm³/mol. The Morgan fingerprint density at radius 3 is 2.33 bits per heavy atom. The molecule has 3 aromatic rings. The van der Waals surface area contributed by atoms with Crippen LogP contribution in [0.15, 0.2) is 34.7 Å². The lowest BCUT2D eigenvalue weighted by molar-refractivity contribution is 0.118. The van der Waals surface area contributed by atoms with Crippen molar-refractivity contribution < 1.29 is 27.1 Å². The second-order valence-corrected chi connectivity index (χ2v) is 19.4. The monoisotopic (exact) mass is 618 g/mol. The average molecular weight is 619 g/mol. The van der Waals surface area contributed by atoms with Crippen molar-refractivity contribution in [2.24, 2.45) is 0 Å². The van der Waals surface area contributed by atoms with Crippen LogP contribution in [0.25, 0.3) is 17.3 Å². The average Bonchev–Trinajstić information content (AvgIpc) is 3.55. The Bertz CT molecular complexity index is 1490. The molecule has 0 radical (unpaired) electrons. The van der Waals surface area contributed by atoms with Gasteiger partial charge in [-0.1, -0.05) is 25.7 Å². The van der Waals surface area contributed by atoms with E-state index in [1.165, 1.54) is 18.5 Å². The summed E-state index contributed by atoms with van der Waals surface area (Å²) in [7, 11) is -0.892. The minimum Gasteiger partial charge on any atom is -0.494 e. The number of anilines is 1. The molecular weight excluding hydrogens is 576 g/mol. The Morgan fingerprint density at radius 2 is 1.76 bits per heavy atom. The summed E-state index contributed by atoms with van der Waals surface area (Å²) >= 11 is 0. The standard InChI is InChI=1S/C28H42N6O6SSi/c1-20-14-15-31(3)28(35)32(20)16-18-41(36,37)33(17-19-42(6,7)8)27-30-29-26(24-13-12-21(2)40-24)34(27)25-22(38-4)10-9-11-23(25)39-5/h9-13,20H,14-19H2,1-8H3/t20-/m0/s1. The van der Waals surface area contributed by atoms with Gasteiger partial charge in [-0.2, -0.15) is 0 Å². The molecule has 0 N–H and O–H groups in total. The van der Waals surface area contributed by atoms with E-state index in [4.69, 9.17) is 13.9 Å². The van der Waals surface area contributed by atoms with E-state index in [0.717, 1.165) is 6.42 Å². The number of sulfonamides is 1. The number of aryl methyl sites for hydroxylation is 1. The number of amides is 2. The van der Waals surface area contributed by atoms with Crippen molar-refractivity contribution in [1.82, 2.24) is 24.6 Å². The second-order valence-electron chi connectivity index (χ2n) is 11.8. The van der Waals surface area contributed by atoms with E-state index in [0.29, 0.717) is 47.1 Å². The van der Waals surface area contributed by atoms with E-state index >= 15 is 0 Å². The number of hydrogen-bond acceptors (Lipinski definition) is 8. The van der Waals surface area contributed by atoms with Gasteiger partial charge in [-0.05, 0) is 50.6 Å². The summed E-state index contributed by atoms with van der Waals surface area (Å²) in [5, 5.41) is 8.88. The number of carbonyl (C=O) groups excluding carboxylic acids is 1. The molecule has 0 bridgehead atoms. The molecule has 1 fully saturated rings. The van der Waals surface area contributed by atoms with Crippen LogP contribution in [0.4, 0.5) is 10.7 Å². The van der Waals surface area contributed by atoms with Crippen molar-refractivity contribution in [2.75, 3.05) is 51.0 Å².